The van der Waals surface area contributed by atoms with Crippen molar-refractivity contribution in [2.75, 3.05) is 0 Å². The topological polar surface area (TPSA) is 115 Å². The van der Waals surface area contributed by atoms with Crippen molar-refractivity contribution in [3.05, 3.63) is 77.9 Å². The van der Waals surface area contributed by atoms with E-state index in [0.717, 1.165) is 88.7 Å². The maximum Gasteiger partial charge on any atom is 0.356 e. The van der Waals surface area contributed by atoms with Crippen LogP contribution in [0, 0.1) is 96.9 Å². The van der Waals surface area contributed by atoms with Gasteiger partial charge in [0.2, 0.25) is 0 Å². The lowest BCUT2D eigenvalue weighted by Crippen LogP contribution is -2.18. The molecule has 0 aromatic heterocycles. The molecule has 0 fully saturated rings. The Hall–Kier alpha value is -2.56. The van der Waals surface area contributed by atoms with E-state index in [0.29, 0.717) is 22.3 Å². The molecule has 0 spiro atoms. The highest BCUT2D eigenvalue weighted by Crippen LogP contribution is 2.50. The van der Waals surface area contributed by atoms with Gasteiger partial charge in [-0.2, -0.15) is 0 Å². The first-order chi connectivity index (χ1) is 20.0. The van der Waals surface area contributed by atoms with Crippen molar-refractivity contribution in [1.82, 2.24) is 0 Å². The lowest BCUT2D eigenvalue weighted by Gasteiger charge is -2.29. The Balaban J connectivity index is 2.39. The number of fused-ring (bicyclic) bond motifs is 1. The smallest absolute Gasteiger partial charge is 0.321 e. The summed E-state index contributed by atoms with van der Waals surface area (Å²) in [5.74, 6) is 0. The van der Waals surface area contributed by atoms with Gasteiger partial charge in [-0.1, -0.05) is 0 Å². The molecule has 0 atom stereocenters. The molecule has 0 aliphatic heterocycles. The zero-order valence-corrected chi connectivity index (χ0v) is 30.3. The third-order valence-electron chi connectivity index (χ3n) is 10.8. The van der Waals surface area contributed by atoms with Gasteiger partial charge >= 0.3 is 15.2 Å². The van der Waals surface area contributed by atoms with E-state index in [-0.39, 0.29) is 10.6 Å². The Morgan fingerprint density at radius 3 is 0.705 bits per heavy atom. The van der Waals surface area contributed by atoms with Crippen molar-refractivity contribution >= 4 is 36.6 Å². The number of hydrogen-bond acceptors (Lipinski definition) is 2. The minimum Gasteiger partial charge on any atom is -0.321 e. The van der Waals surface area contributed by atoms with Gasteiger partial charge in [0.1, 0.15) is 0 Å². The van der Waals surface area contributed by atoms with Crippen LogP contribution in [-0.4, -0.2) is 19.6 Å². The third-order valence-corrected chi connectivity index (χ3v) is 13.3. The number of rotatable bonds is 4. The van der Waals surface area contributed by atoms with Crippen molar-refractivity contribution in [3.63, 3.8) is 0 Å². The molecule has 0 unspecified atom stereocenters. The molecule has 0 amide bonds. The first-order valence-electron chi connectivity index (χ1n) is 14.9. The molecule has 0 saturated heterocycles. The molecule has 4 aromatic rings. The van der Waals surface area contributed by atoms with E-state index in [4.69, 9.17) is 0 Å². The number of aryl methyl sites for hydroxylation is 2. The molecule has 44 heavy (non-hydrogen) atoms. The first kappa shape index (κ1) is 34.3. The highest BCUT2D eigenvalue weighted by molar-refractivity contribution is 7.60. The molecular formula is C36H46O6P2. The highest BCUT2D eigenvalue weighted by Gasteiger charge is 2.32. The molecule has 4 aromatic carbocycles. The Morgan fingerprint density at radius 2 is 0.500 bits per heavy atom. The van der Waals surface area contributed by atoms with Gasteiger partial charge in [0.15, 0.2) is 0 Å². The zero-order valence-electron chi connectivity index (χ0n) is 28.5. The minimum absolute atomic E-state index is 0.105. The molecule has 0 saturated carbocycles. The van der Waals surface area contributed by atoms with Crippen LogP contribution in [0.1, 0.15) is 77.9 Å². The fraction of sp³-hybridized carbons (Fsp3) is 0.389. The Bertz CT molecular complexity index is 1830. The molecule has 4 rings (SSSR count). The molecule has 4 N–H and O–H groups in total. The predicted molar refractivity (Wildman–Crippen MR) is 184 cm³/mol. The van der Waals surface area contributed by atoms with Crippen LogP contribution >= 0.6 is 15.2 Å². The predicted octanol–water partition coefficient (Wildman–Crippen LogP) is 8.10. The maximum atomic E-state index is 12.6. The van der Waals surface area contributed by atoms with Gasteiger partial charge in [0.05, 0.1) is 10.6 Å². The number of benzene rings is 4. The van der Waals surface area contributed by atoms with Crippen molar-refractivity contribution < 1.29 is 28.7 Å². The third kappa shape index (κ3) is 4.87. The molecular weight excluding hydrogens is 590 g/mol. The summed E-state index contributed by atoms with van der Waals surface area (Å²) >= 11 is 0. The van der Waals surface area contributed by atoms with Crippen molar-refractivity contribution in [2.24, 2.45) is 0 Å². The van der Waals surface area contributed by atoms with Gasteiger partial charge in [-0.25, -0.2) is 0 Å². The monoisotopic (exact) mass is 636 g/mol. The van der Waals surface area contributed by atoms with Crippen molar-refractivity contribution in [3.8, 4) is 22.3 Å². The molecule has 0 heterocycles. The van der Waals surface area contributed by atoms with Crippen LogP contribution < -0.4 is 10.6 Å². The second kappa shape index (κ2) is 11.1. The second-order valence-electron chi connectivity index (χ2n) is 12.8. The van der Waals surface area contributed by atoms with E-state index in [2.05, 4.69) is 41.5 Å². The summed E-state index contributed by atoms with van der Waals surface area (Å²) in [6.07, 6.45) is 0. The quantitative estimate of drug-likeness (QED) is 0.168. The summed E-state index contributed by atoms with van der Waals surface area (Å²) in [4.78, 5) is 41.1. The Labute approximate surface area is 261 Å². The van der Waals surface area contributed by atoms with E-state index >= 15 is 0 Å². The lowest BCUT2D eigenvalue weighted by molar-refractivity contribution is 0.385. The van der Waals surface area contributed by atoms with Gasteiger partial charge in [0.25, 0.3) is 0 Å². The van der Waals surface area contributed by atoms with Gasteiger partial charge in [0, 0.05) is 0 Å². The van der Waals surface area contributed by atoms with Gasteiger partial charge < -0.3 is 19.6 Å². The van der Waals surface area contributed by atoms with Crippen LogP contribution in [0.15, 0.2) is 0 Å². The standard InChI is InChI=1S/C36H46O6P2/c1-15-17(3)31(29-21(7)25(11)35(43(37,38)39)26(12)22(29)8)34-20(6)16(2)18(4)32(33(34)19(15)5)30-23(9)27(13)36(44(40,41)42)28(14)24(30)10/h1-14H3,(H2,37,38,39)(H2,40,41,42). The molecule has 0 aliphatic carbocycles. The summed E-state index contributed by atoms with van der Waals surface area (Å²) in [5, 5.41) is 2.42. The van der Waals surface area contributed by atoms with E-state index in [1.807, 2.05) is 27.7 Å². The van der Waals surface area contributed by atoms with Crippen LogP contribution in [0.4, 0.5) is 0 Å². The summed E-state index contributed by atoms with van der Waals surface area (Å²) in [7, 11) is -9.00. The average molecular weight is 637 g/mol. The van der Waals surface area contributed by atoms with E-state index in [1.165, 1.54) is 0 Å². The fourth-order valence-corrected chi connectivity index (χ4v) is 9.94. The van der Waals surface area contributed by atoms with Gasteiger partial charge in [-0.3, -0.25) is 9.13 Å². The molecule has 8 heteroatoms. The largest absolute Gasteiger partial charge is 0.356 e. The molecule has 6 nitrogen and oxygen atoms in total. The highest BCUT2D eigenvalue weighted by atomic mass is 31.2. The molecule has 0 radical (unpaired) electrons. The first-order valence-corrected chi connectivity index (χ1v) is 18.1. The fourth-order valence-electron chi connectivity index (χ4n) is 7.52. The SMILES string of the molecule is Cc1c(C)c(P(=O)(O)O)c(C)c(C)c1-c1c(C)c(C)c(C)c2c(-c3c(C)c(C)c(P(=O)(O)O)c(C)c3C)c(C)c(C)c(C)c12. The van der Waals surface area contributed by atoms with Crippen LogP contribution in [0.5, 0.6) is 0 Å². The Kier molecular flexibility index (Phi) is 8.62. The van der Waals surface area contributed by atoms with Gasteiger partial charge in [-0.15, -0.1) is 0 Å². The summed E-state index contributed by atoms with van der Waals surface area (Å²) in [5.41, 5.74) is 16.8. The summed E-state index contributed by atoms with van der Waals surface area (Å²) in [6.45, 7) is 27.8. The van der Waals surface area contributed by atoms with Crippen molar-refractivity contribution in [2.45, 2.75) is 96.9 Å². The minimum atomic E-state index is -4.50. The van der Waals surface area contributed by atoms with Crippen LogP contribution in [0.25, 0.3) is 33.0 Å². The zero-order chi connectivity index (χ0) is 33.7. The lowest BCUT2D eigenvalue weighted by atomic mass is 9.75. The van der Waals surface area contributed by atoms with Crippen molar-refractivity contribution in [1.29, 1.82) is 0 Å². The van der Waals surface area contributed by atoms with Crippen LogP contribution in [-0.2, 0) is 9.13 Å². The second-order valence-corrected chi connectivity index (χ2v) is 15.9. The molecule has 0 aliphatic rings. The van der Waals surface area contributed by atoms with Crippen LogP contribution in [0.3, 0.4) is 0 Å². The van der Waals surface area contributed by atoms with E-state index < -0.39 is 15.2 Å². The summed E-state index contributed by atoms with van der Waals surface area (Å²) < 4.78 is 25.2. The maximum absolute atomic E-state index is 12.6. The molecule has 236 valence electrons. The van der Waals surface area contributed by atoms with E-state index in [1.54, 1.807) is 27.7 Å². The average Bonchev–Trinajstić information content (AvgIpc) is 2.90. The summed E-state index contributed by atoms with van der Waals surface area (Å²) in [6, 6.07) is 0. The van der Waals surface area contributed by atoms with E-state index in [9.17, 15) is 28.7 Å². The number of hydrogen-bond donors (Lipinski definition) is 4. The van der Waals surface area contributed by atoms with Crippen LogP contribution in [0.2, 0.25) is 0 Å². The molecule has 0 bridgehead atoms. The van der Waals surface area contributed by atoms with Gasteiger partial charge in [-0.05, 0) is 208 Å². The Morgan fingerprint density at radius 1 is 0.295 bits per heavy atom. The normalized spacial score (nSPS) is 12.5.